The zero-order valence-electron chi connectivity index (χ0n) is 11.3. The van der Waals surface area contributed by atoms with Gasteiger partial charge in [-0.1, -0.05) is 12.1 Å². The Morgan fingerprint density at radius 1 is 1.50 bits per heavy atom. The maximum Gasteiger partial charge on any atom is 0.407 e. The Labute approximate surface area is 116 Å². The number of fused-ring (bicyclic) bond motifs is 1. The fraction of sp³-hybridized carbons (Fsp3) is 0.286. The third kappa shape index (κ3) is 1.99. The number of carbonyl (C=O) groups is 1. The van der Waals surface area contributed by atoms with Crippen molar-refractivity contribution in [1.82, 2.24) is 14.7 Å². The van der Waals surface area contributed by atoms with Crippen LogP contribution in [0.5, 0.6) is 5.75 Å². The molecule has 0 fully saturated rings. The maximum absolute atomic E-state index is 11.0. The number of carboxylic acid groups (broad SMARTS) is 1. The third-order valence-electron chi connectivity index (χ3n) is 3.58. The lowest BCUT2D eigenvalue weighted by atomic mass is 10.0. The van der Waals surface area contributed by atoms with Crippen molar-refractivity contribution in [2.75, 3.05) is 13.7 Å². The molecule has 0 aliphatic carbocycles. The van der Waals surface area contributed by atoms with E-state index in [0.717, 1.165) is 22.4 Å². The Hall–Kier alpha value is -2.50. The highest BCUT2D eigenvalue weighted by Gasteiger charge is 2.30. The van der Waals surface area contributed by atoms with E-state index in [1.165, 1.54) is 4.90 Å². The molecule has 1 aliphatic rings. The van der Waals surface area contributed by atoms with Gasteiger partial charge in [-0.3, -0.25) is 4.68 Å². The molecule has 1 N–H and O–H groups in total. The molecule has 0 radical (unpaired) electrons. The standard InChI is InChI=1S/C14H15N3O3/c1-16-7-10(6-15-16)9-3-4-11-12(17(2)14(18)19)8-20-13(11)5-9/h3-7,12H,8H2,1-2H3,(H,18,19). The normalized spacial score (nSPS) is 16.6. The summed E-state index contributed by atoms with van der Waals surface area (Å²) in [5, 5.41) is 13.2. The molecule has 1 aromatic carbocycles. The van der Waals surface area contributed by atoms with Gasteiger partial charge in [-0.25, -0.2) is 4.79 Å². The molecule has 0 bridgehead atoms. The van der Waals surface area contributed by atoms with Gasteiger partial charge in [-0.2, -0.15) is 5.10 Å². The van der Waals surface area contributed by atoms with Crippen LogP contribution in [0.4, 0.5) is 4.79 Å². The number of amides is 1. The first-order chi connectivity index (χ1) is 9.56. The van der Waals surface area contributed by atoms with Gasteiger partial charge in [0.05, 0.1) is 12.2 Å². The van der Waals surface area contributed by atoms with Crippen molar-refractivity contribution in [3.05, 3.63) is 36.2 Å². The largest absolute Gasteiger partial charge is 0.491 e. The SMILES string of the molecule is CN(C(=O)O)C1COc2cc(-c3cnn(C)c3)ccc21. The van der Waals surface area contributed by atoms with E-state index in [1.807, 2.05) is 31.4 Å². The van der Waals surface area contributed by atoms with Crippen LogP contribution in [0, 0.1) is 0 Å². The number of ether oxygens (including phenoxy) is 1. The van der Waals surface area contributed by atoms with Gasteiger partial charge in [0.1, 0.15) is 12.4 Å². The number of aryl methyl sites for hydroxylation is 1. The molecule has 1 aliphatic heterocycles. The van der Waals surface area contributed by atoms with E-state index in [2.05, 4.69) is 5.10 Å². The lowest BCUT2D eigenvalue weighted by Gasteiger charge is -2.19. The summed E-state index contributed by atoms with van der Waals surface area (Å²) in [6.07, 6.45) is 2.76. The third-order valence-corrected chi connectivity index (χ3v) is 3.58. The Morgan fingerprint density at radius 2 is 2.30 bits per heavy atom. The minimum absolute atomic E-state index is 0.245. The predicted octanol–water partition coefficient (Wildman–Crippen LogP) is 2.13. The molecule has 1 amide bonds. The molecule has 2 heterocycles. The molecule has 3 rings (SSSR count). The summed E-state index contributed by atoms with van der Waals surface area (Å²) in [5.74, 6) is 0.740. The van der Waals surface area contributed by atoms with Crippen LogP contribution in [0.25, 0.3) is 11.1 Å². The highest BCUT2D eigenvalue weighted by atomic mass is 16.5. The number of likely N-dealkylation sites (N-methyl/N-ethyl adjacent to an activating group) is 1. The summed E-state index contributed by atoms with van der Waals surface area (Å²) in [6, 6.07) is 5.58. The molecule has 20 heavy (non-hydrogen) atoms. The first-order valence-electron chi connectivity index (χ1n) is 6.28. The van der Waals surface area contributed by atoms with E-state index < -0.39 is 6.09 Å². The molecule has 2 aromatic rings. The fourth-order valence-corrected chi connectivity index (χ4v) is 2.40. The zero-order valence-corrected chi connectivity index (χ0v) is 11.3. The number of rotatable bonds is 2. The lowest BCUT2D eigenvalue weighted by molar-refractivity contribution is 0.129. The second-order valence-corrected chi connectivity index (χ2v) is 4.88. The van der Waals surface area contributed by atoms with E-state index in [1.54, 1.807) is 17.9 Å². The van der Waals surface area contributed by atoms with Crippen molar-refractivity contribution < 1.29 is 14.6 Å². The Bertz CT molecular complexity index is 665. The van der Waals surface area contributed by atoms with E-state index in [9.17, 15) is 4.79 Å². The molecular formula is C14H15N3O3. The number of benzene rings is 1. The number of hydrogen-bond donors (Lipinski definition) is 1. The van der Waals surface area contributed by atoms with Crippen molar-refractivity contribution >= 4 is 6.09 Å². The predicted molar refractivity (Wildman–Crippen MR) is 72.7 cm³/mol. The molecule has 6 heteroatoms. The smallest absolute Gasteiger partial charge is 0.407 e. The van der Waals surface area contributed by atoms with E-state index in [4.69, 9.17) is 9.84 Å². The highest BCUT2D eigenvalue weighted by Crippen LogP contribution is 2.38. The topological polar surface area (TPSA) is 67.6 Å². The van der Waals surface area contributed by atoms with Crippen LogP contribution in [0.2, 0.25) is 0 Å². The molecule has 1 unspecified atom stereocenters. The molecule has 6 nitrogen and oxygen atoms in total. The molecule has 1 atom stereocenters. The second-order valence-electron chi connectivity index (χ2n) is 4.88. The quantitative estimate of drug-likeness (QED) is 0.910. The van der Waals surface area contributed by atoms with Crippen LogP contribution in [0.3, 0.4) is 0 Å². The summed E-state index contributed by atoms with van der Waals surface area (Å²) in [5.41, 5.74) is 2.92. The van der Waals surface area contributed by atoms with Crippen molar-refractivity contribution in [3.8, 4) is 16.9 Å². The van der Waals surface area contributed by atoms with Crippen LogP contribution >= 0.6 is 0 Å². The average molecular weight is 273 g/mol. The summed E-state index contributed by atoms with van der Waals surface area (Å²) in [6.45, 7) is 0.356. The number of nitrogens with zero attached hydrogens (tertiary/aromatic N) is 3. The molecular weight excluding hydrogens is 258 g/mol. The summed E-state index contributed by atoms with van der Waals surface area (Å²) < 4.78 is 7.36. The van der Waals surface area contributed by atoms with Crippen molar-refractivity contribution in [1.29, 1.82) is 0 Å². The van der Waals surface area contributed by atoms with Gasteiger partial charge in [0.15, 0.2) is 0 Å². The molecule has 0 saturated heterocycles. The van der Waals surface area contributed by atoms with Crippen molar-refractivity contribution in [2.45, 2.75) is 6.04 Å². The summed E-state index contributed by atoms with van der Waals surface area (Å²) in [7, 11) is 3.42. The summed E-state index contributed by atoms with van der Waals surface area (Å²) >= 11 is 0. The van der Waals surface area contributed by atoms with Gasteiger partial charge in [0, 0.05) is 31.4 Å². The van der Waals surface area contributed by atoms with E-state index in [0.29, 0.717) is 6.61 Å². The molecule has 0 spiro atoms. The Kier molecular flexibility index (Phi) is 2.85. The van der Waals surface area contributed by atoms with Crippen LogP contribution in [0.15, 0.2) is 30.6 Å². The van der Waals surface area contributed by atoms with Gasteiger partial charge in [0.2, 0.25) is 0 Å². The lowest BCUT2D eigenvalue weighted by Crippen LogP contribution is -2.30. The van der Waals surface area contributed by atoms with Crippen molar-refractivity contribution in [3.63, 3.8) is 0 Å². The molecule has 1 aromatic heterocycles. The fourth-order valence-electron chi connectivity index (χ4n) is 2.40. The van der Waals surface area contributed by atoms with E-state index >= 15 is 0 Å². The Balaban J connectivity index is 1.94. The average Bonchev–Trinajstić information content (AvgIpc) is 3.03. The van der Waals surface area contributed by atoms with Crippen LogP contribution < -0.4 is 4.74 Å². The maximum atomic E-state index is 11.0. The van der Waals surface area contributed by atoms with Gasteiger partial charge in [0.25, 0.3) is 0 Å². The van der Waals surface area contributed by atoms with Crippen molar-refractivity contribution in [2.24, 2.45) is 7.05 Å². The molecule has 104 valence electrons. The van der Waals surface area contributed by atoms with Gasteiger partial charge in [-0.05, 0) is 11.6 Å². The second kappa shape index (κ2) is 4.56. The first kappa shape index (κ1) is 12.5. The van der Waals surface area contributed by atoms with E-state index in [-0.39, 0.29) is 6.04 Å². The highest BCUT2D eigenvalue weighted by molar-refractivity contribution is 5.68. The monoisotopic (exact) mass is 273 g/mol. The zero-order chi connectivity index (χ0) is 14.3. The Morgan fingerprint density at radius 3 is 2.95 bits per heavy atom. The van der Waals surface area contributed by atoms with Gasteiger partial charge < -0.3 is 14.7 Å². The van der Waals surface area contributed by atoms with Crippen LogP contribution in [0.1, 0.15) is 11.6 Å². The minimum atomic E-state index is -0.956. The molecule has 0 saturated carbocycles. The van der Waals surface area contributed by atoms with Gasteiger partial charge >= 0.3 is 6.09 Å². The first-order valence-corrected chi connectivity index (χ1v) is 6.28. The summed E-state index contributed by atoms with van der Waals surface area (Å²) in [4.78, 5) is 12.3. The van der Waals surface area contributed by atoms with Gasteiger partial charge in [-0.15, -0.1) is 0 Å². The number of hydrogen-bond acceptors (Lipinski definition) is 3. The van der Waals surface area contributed by atoms with Crippen LogP contribution in [-0.2, 0) is 7.05 Å². The minimum Gasteiger partial charge on any atom is -0.491 e. The number of aromatic nitrogens is 2. The van der Waals surface area contributed by atoms with Crippen LogP contribution in [-0.4, -0.2) is 39.5 Å².